The summed E-state index contributed by atoms with van der Waals surface area (Å²) in [5, 5.41) is 4.42. The van der Waals surface area contributed by atoms with Crippen LogP contribution in [0.5, 0.6) is 5.75 Å². The van der Waals surface area contributed by atoms with Crippen LogP contribution in [-0.4, -0.2) is 18.2 Å². The van der Waals surface area contributed by atoms with Crippen molar-refractivity contribution in [3.63, 3.8) is 0 Å². The van der Waals surface area contributed by atoms with Gasteiger partial charge in [0, 0.05) is 31.8 Å². The monoisotopic (exact) mass is 586 g/mol. The molecule has 0 spiro atoms. The van der Waals surface area contributed by atoms with Crippen LogP contribution in [0.25, 0.3) is 0 Å². The van der Waals surface area contributed by atoms with Gasteiger partial charge in [-0.05, 0) is 92.5 Å². The maximum atomic E-state index is 13.6. The summed E-state index contributed by atoms with van der Waals surface area (Å²) in [6, 6.07) is 13.1. The second-order valence-electron chi connectivity index (χ2n) is 10.6. The van der Waals surface area contributed by atoms with Crippen molar-refractivity contribution < 1.29 is 9.53 Å². The molecule has 1 atom stereocenters. The van der Waals surface area contributed by atoms with Gasteiger partial charge in [-0.15, -0.1) is 11.3 Å². The predicted molar refractivity (Wildman–Crippen MR) is 156 cm³/mol. The number of carbonyl (C=O) groups is 1. The Morgan fingerprint density at radius 1 is 1.22 bits per heavy atom. The highest BCUT2D eigenvalue weighted by Crippen LogP contribution is 2.45. The van der Waals surface area contributed by atoms with Crippen molar-refractivity contribution in [1.82, 2.24) is 0 Å². The van der Waals surface area contributed by atoms with E-state index in [2.05, 4.69) is 42.0 Å². The number of nitrogens with zero attached hydrogens (tertiary/aromatic N) is 1. The Hall–Kier alpha value is -2.15. The number of aliphatic imine (C=N–C) groups is 1. The quantitative estimate of drug-likeness (QED) is 0.292. The van der Waals surface area contributed by atoms with Gasteiger partial charge in [0.2, 0.25) is 0 Å². The van der Waals surface area contributed by atoms with Crippen molar-refractivity contribution in [1.29, 1.82) is 0 Å². The zero-order valence-corrected chi connectivity index (χ0v) is 24.5. The van der Waals surface area contributed by atoms with Gasteiger partial charge in [-0.1, -0.05) is 48.3 Å². The number of ether oxygens (including phenoxy) is 1. The predicted octanol–water partition coefficient (Wildman–Crippen LogP) is 9.11. The standard InChI is InChI=1S/C29H32BrClN2O2S/c1-17(2)35-24-13-7-20(30)14-18(24)16-32-28-26(27(34)33-22-10-8-21(31)9-11-22)23-12-6-19(29(3,4)5)15-25(23)36-28/h7-11,13-14,16-17,19H,6,12,15H2,1-5H3,(H,33,34)/t19-/m0/s1. The van der Waals surface area contributed by atoms with Gasteiger partial charge in [-0.3, -0.25) is 4.79 Å². The fourth-order valence-corrected chi connectivity index (χ4v) is 6.25. The van der Waals surface area contributed by atoms with Gasteiger partial charge in [0.05, 0.1) is 11.7 Å². The Morgan fingerprint density at radius 2 is 1.94 bits per heavy atom. The molecule has 1 heterocycles. The largest absolute Gasteiger partial charge is 0.490 e. The lowest BCUT2D eigenvalue weighted by atomic mass is 9.72. The Labute approximate surface area is 231 Å². The molecule has 0 bridgehead atoms. The minimum absolute atomic E-state index is 0.0439. The number of rotatable bonds is 6. The molecule has 1 aliphatic rings. The molecule has 0 radical (unpaired) electrons. The van der Waals surface area contributed by atoms with E-state index in [0.717, 1.165) is 45.6 Å². The highest BCUT2D eigenvalue weighted by molar-refractivity contribution is 9.10. The number of benzene rings is 2. The van der Waals surface area contributed by atoms with E-state index in [1.165, 1.54) is 4.88 Å². The van der Waals surface area contributed by atoms with Gasteiger partial charge in [-0.2, -0.15) is 0 Å². The van der Waals surface area contributed by atoms with Gasteiger partial charge in [0.15, 0.2) is 0 Å². The number of anilines is 1. The van der Waals surface area contributed by atoms with E-state index in [-0.39, 0.29) is 17.4 Å². The van der Waals surface area contributed by atoms with E-state index in [4.69, 9.17) is 21.3 Å². The molecule has 190 valence electrons. The smallest absolute Gasteiger partial charge is 0.259 e. The maximum Gasteiger partial charge on any atom is 0.259 e. The first kappa shape index (κ1) is 26.9. The summed E-state index contributed by atoms with van der Waals surface area (Å²) in [5.41, 5.74) is 3.60. The summed E-state index contributed by atoms with van der Waals surface area (Å²) in [7, 11) is 0. The normalized spacial score (nSPS) is 15.8. The first-order chi connectivity index (χ1) is 17.0. The third-order valence-corrected chi connectivity index (χ3v) is 8.36. The highest BCUT2D eigenvalue weighted by Gasteiger charge is 2.33. The molecule has 7 heteroatoms. The number of hydrogen-bond acceptors (Lipinski definition) is 4. The van der Waals surface area contributed by atoms with E-state index in [9.17, 15) is 4.79 Å². The first-order valence-electron chi connectivity index (χ1n) is 12.2. The molecule has 4 rings (SSSR count). The number of amides is 1. The lowest BCUT2D eigenvalue weighted by molar-refractivity contribution is 0.102. The van der Waals surface area contributed by atoms with Crippen LogP contribution < -0.4 is 10.1 Å². The van der Waals surface area contributed by atoms with Crippen LogP contribution in [0.1, 0.15) is 67.4 Å². The minimum Gasteiger partial charge on any atom is -0.490 e. The summed E-state index contributed by atoms with van der Waals surface area (Å²) >= 11 is 11.2. The number of thiophene rings is 1. The minimum atomic E-state index is -0.135. The molecule has 0 saturated carbocycles. The molecule has 0 unspecified atom stereocenters. The SMILES string of the molecule is CC(C)Oc1ccc(Br)cc1C=Nc1sc2c(c1C(=O)Nc1ccc(Cl)cc1)CC[C@H](C(C)(C)C)C2. The number of hydrogen-bond donors (Lipinski definition) is 1. The zero-order chi connectivity index (χ0) is 26.0. The molecule has 3 aromatic rings. The van der Waals surface area contributed by atoms with Crippen LogP contribution in [0, 0.1) is 11.3 Å². The van der Waals surface area contributed by atoms with Gasteiger partial charge < -0.3 is 10.1 Å². The third kappa shape index (κ3) is 6.39. The molecule has 1 aliphatic carbocycles. The van der Waals surface area contributed by atoms with Crippen molar-refractivity contribution in [3.8, 4) is 5.75 Å². The van der Waals surface area contributed by atoms with Crippen LogP contribution in [0.3, 0.4) is 0 Å². The molecule has 1 aromatic heterocycles. The second-order valence-corrected chi connectivity index (χ2v) is 13.0. The van der Waals surface area contributed by atoms with Crippen LogP contribution in [0.4, 0.5) is 10.7 Å². The van der Waals surface area contributed by atoms with E-state index < -0.39 is 0 Å². The maximum absolute atomic E-state index is 13.6. The molecule has 2 aromatic carbocycles. The Balaban J connectivity index is 1.73. The molecule has 1 N–H and O–H groups in total. The fourth-order valence-electron chi connectivity index (χ4n) is 4.47. The molecular formula is C29H32BrClN2O2S. The van der Waals surface area contributed by atoms with Crippen LogP contribution in [0.15, 0.2) is 51.9 Å². The molecule has 1 amide bonds. The van der Waals surface area contributed by atoms with Crippen molar-refractivity contribution in [2.24, 2.45) is 16.3 Å². The molecule has 0 fully saturated rings. The first-order valence-corrected chi connectivity index (χ1v) is 14.2. The van der Waals surface area contributed by atoms with E-state index in [1.54, 1.807) is 29.7 Å². The summed E-state index contributed by atoms with van der Waals surface area (Å²) in [5.74, 6) is 1.20. The topological polar surface area (TPSA) is 50.7 Å². The summed E-state index contributed by atoms with van der Waals surface area (Å²) in [6.07, 6.45) is 4.77. The van der Waals surface area contributed by atoms with E-state index >= 15 is 0 Å². The van der Waals surface area contributed by atoms with Gasteiger partial charge in [-0.25, -0.2) is 4.99 Å². The van der Waals surface area contributed by atoms with E-state index in [0.29, 0.717) is 22.2 Å². The molecule has 36 heavy (non-hydrogen) atoms. The van der Waals surface area contributed by atoms with Gasteiger partial charge in [0.25, 0.3) is 5.91 Å². The van der Waals surface area contributed by atoms with Crippen molar-refractivity contribution >= 4 is 61.7 Å². The number of fused-ring (bicyclic) bond motifs is 1. The van der Waals surface area contributed by atoms with Crippen LogP contribution in [-0.2, 0) is 12.8 Å². The lowest BCUT2D eigenvalue weighted by Crippen LogP contribution is -2.27. The molecular weight excluding hydrogens is 556 g/mol. The Morgan fingerprint density at radius 3 is 2.61 bits per heavy atom. The van der Waals surface area contributed by atoms with Crippen molar-refractivity contribution in [3.05, 3.63) is 73.5 Å². The Bertz CT molecular complexity index is 1280. The number of carbonyl (C=O) groups excluding carboxylic acids is 1. The average Bonchev–Trinajstić information content (AvgIpc) is 3.17. The highest BCUT2D eigenvalue weighted by atomic mass is 79.9. The van der Waals surface area contributed by atoms with Crippen LogP contribution >= 0.6 is 38.9 Å². The fraction of sp³-hybridized carbons (Fsp3) is 0.379. The van der Waals surface area contributed by atoms with Gasteiger partial charge >= 0.3 is 0 Å². The summed E-state index contributed by atoms with van der Waals surface area (Å²) in [6.45, 7) is 10.9. The number of nitrogens with one attached hydrogen (secondary N) is 1. The second kappa shape index (κ2) is 11.1. The summed E-state index contributed by atoms with van der Waals surface area (Å²) in [4.78, 5) is 19.7. The van der Waals surface area contributed by atoms with Crippen molar-refractivity contribution in [2.75, 3.05) is 5.32 Å². The third-order valence-electron chi connectivity index (χ3n) is 6.46. The number of halogens is 2. The zero-order valence-electron chi connectivity index (χ0n) is 21.3. The lowest BCUT2D eigenvalue weighted by Gasteiger charge is -2.33. The van der Waals surface area contributed by atoms with Crippen molar-refractivity contribution in [2.45, 2.75) is 60.0 Å². The van der Waals surface area contributed by atoms with E-state index in [1.807, 2.05) is 44.2 Å². The average molecular weight is 588 g/mol. The molecule has 0 saturated heterocycles. The van der Waals surface area contributed by atoms with Crippen LogP contribution in [0.2, 0.25) is 5.02 Å². The van der Waals surface area contributed by atoms with Gasteiger partial charge in [0.1, 0.15) is 10.8 Å². The molecule has 4 nitrogen and oxygen atoms in total. The summed E-state index contributed by atoms with van der Waals surface area (Å²) < 4.78 is 6.93. The molecule has 0 aliphatic heterocycles. The Kier molecular flexibility index (Phi) is 8.28.